The Morgan fingerprint density at radius 2 is 1.90 bits per heavy atom. The molecule has 160 valence electrons. The Morgan fingerprint density at radius 1 is 1.17 bits per heavy atom. The van der Waals surface area contributed by atoms with Crippen molar-refractivity contribution < 1.29 is 17.6 Å². The second-order valence-corrected chi connectivity index (χ2v) is 9.67. The summed E-state index contributed by atoms with van der Waals surface area (Å²) in [6.45, 7) is 0.587. The molecule has 0 radical (unpaired) electrons. The van der Waals surface area contributed by atoms with Crippen molar-refractivity contribution in [3.05, 3.63) is 76.1 Å². The largest absolute Gasteiger partial charge is 0.348 e. The van der Waals surface area contributed by atoms with Gasteiger partial charge in [0.15, 0.2) is 0 Å². The zero-order valence-corrected chi connectivity index (χ0v) is 18.3. The van der Waals surface area contributed by atoms with E-state index in [2.05, 4.69) is 11.4 Å². The Labute approximate surface area is 181 Å². The van der Waals surface area contributed by atoms with Crippen molar-refractivity contribution in [2.75, 3.05) is 17.1 Å². The second-order valence-electron chi connectivity index (χ2n) is 7.36. The van der Waals surface area contributed by atoms with E-state index in [4.69, 9.17) is 11.6 Å². The molecule has 0 atom stereocenters. The fraction of sp³-hybridized carbons (Fsp3) is 0.318. The lowest BCUT2D eigenvalue weighted by atomic mass is 9.99. The first kappa shape index (κ1) is 22.3. The third kappa shape index (κ3) is 5.83. The number of nitrogens with one attached hydrogen (secondary N) is 1. The molecule has 0 spiro atoms. The fourth-order valence-electron chi connectivity index (χ4n) is 3.33. The number of anilines is 1. The van der Waals surface area contributed by atoms with Crippen molar-refractivity contribution in [2.24, 2.45) is 0 Å². The number of hydrogen-bond donors (Lipinski definition) is 1. The first-order chi connectivity index (χ1) is 14.2. The average molecular weight is 451 g/mol. The van der Waals surface area contributed by atoms with E-state index in [1.165, 1.54) is 24.1 Å². The summed E-state index contributed by atoms with van der Waals surface area (Å²) in [5.41, 5.74) is 2.72. The van der Waals surface area contributed by atoms with Gasteiger partial charge in [0.05, 0.1) is 23.5 Å². The summed E-state index contributed by atoms with van der Waals surface area (Å²) >= 11 is 5.81. The van der Waals surface area contributed by atoms with E-state index in [0.717, 1.165) is 35.9 Å². The van der Waals surface area contributed by atoms with Crippen LogP contribution >= 0.6 is 11.6 Å². The Bertz CT molecular complexity index is 1050. The van der Waals surface area contributed by atoms with E-state index in [1.54, 1.807) is 24.3 Å². The molecule has 1 amide bonds. The summed E-state index contributed by atoms with van der Waals surface area (Å²) in [5, 5.41) is 2.78. The van der Waals surface area contributed by atoms with Crippen LogP contribution in [-0.4, -0.2) is 27.1 Å². The highest BCUT2D eigenvalue weighted by molar-refractivity contribution is 7.92. The molecule has 2 aromatic carbocycles. The Balaban J connectivity index is 1.70. The van der Waals surface area contributed by atoms with Crippen LogP contribution in [0.5, 0.6) is 0 Å². The summed E-state index contributed by atoms with van der Waals surface area (Å²) in [6.07, 6.45) is 7.71. The molecule has 1 aliphatic carbocycles. The van der Waals surface area contributed by atoms with Crippen LogP contribution in [0.25, 0.3) is 0 Å². The SMILES string of the molecule is CS(=O)(=O)N(Cc1ccc(C(=O)NCC2=CCCCC2)cc1)c1ccc(F)c(Cl)c1. The Morgan fingerprint density at radius 3 is 2.50 bits per heavy atom. The minimum atomic E-state index is -3.63. The number of rotatable bonds is 7. The van der Waals surface area contributed by atoms with E-state index >= 15 is 0 Å². The molecule has 3 rings (SSSR count). The molecule has 2 aromatic rings. The zero-order valence-electron chi connectivity index (χ0n) is 16.7. The number of halogens is 2. The summed E-state index contributed by atoms with van der Waals surface area (Å²) in [7, 11) is -3.63. The van der Waals surface area contributed by atoms with Gasteiger partial charge in [-0.1, -0.05) is 35.4 Å². The summed E-state index contributed by atoms with van der Waals surface area (Å²) in [5.74, 6) is -0.786. The van der Waals surface area contributed by atoms with Gasteiger partial charge >= 0.3 is 0 Å². The summed E-state index contributed by atoms with van der Waals surface area (Å²) < 4.78 is 39.1. The maximum absolute atomic E-state index is 13.4. The van der Waals surface area contributed by atoms with Crippen molar-refractivity contribution in [1.82, 2.24) is 5.32 Å². The molecule has 0 aliphatic heterocycles. The molecular weight excluding hydrogens is 427 g/mol. The van der Waals surface area contributed by atoms with Gasteiger partial charge in [-0.3, -0.25) is 9.10 Å². The van der Waals surface area contributed by atoms with Crippen LogP contribution in [0.1, 0.15) is 41.6 Å². The predicted octanol–water partition coefficient (Wildman–Crippen LogP) is 4.68. The van der Waals surface area contributed by atoms with Crippen molar-refractivity contribution in [3.8, 4) is 0 Å². The van der Waals surface area contributed by atoms with Crippen LogP contribution in [0, 0.1) is 5.82 Å². The quantitative estimate of drug-likeness (QED) is 0.623. The number of allylic oxidation sites excluding steroid dienone is 1. The van der Waals surface area contributed by atoms with Crippen LogP contribution in [0.4, 0.5) is 10.1 Å². The summed E-state index contributed by atoms with van der Waals surface area (Å²) in [6, 6.07) is 10.5. The smallest absolute Gasteiger partial charge is 0.251 e. The lowest BCUT2D eigenvalue weighted by molar-refractivity contribution is 0.0956. The highest BCUT2D eigenvalue weighted by atomic mass is 35.5. The number of carbonyl (C=O) groups excluding carboxylic acids is 1. The van der Waals surface area contributed by atoms with Gasteiger partial charge in [0, 0.05) is 12.1 Å². The van der Waals surface area contributed by atoms with Crippen LogP contribution in [-0.2, 0) is 16.6 Å². The van der Waals surface area contributed by atoms with Crippen LogP contribution in [0.2, 0.25) is 5.02 Å². The lowest BCUT2D eigenvalue weighted by Gasteiger charge is -2.23. The van der Waals surface area contributed by atoms with Crippen LogP contribution in [0.15, 0.2) is 54.1 Å². The van der Waals surface area contributed by atoms with Gasteiger partial charge in [-0.2, -0.15) is 0 Å². The lowest BCUT2D eigenvalue weighted by Crippen LogP contribution is -2.29. The first-order valence-corrected chi connectivity index (χ1v) is 11.9. The van der Waals surface area contributed by atoms with E-state index in [1.807, 2.05) is 0 Å². The molecule has 1 N–H and O–H groups in total. The molecule has 5 nitrogen and oxygen atoms in total. The molecule has 0 bridgehead atoms. The van der Waals surface area contributed by atoms with Crippen molar-refractivity contribution in [1.29, 1.82) is 0 Å². The van der Waals surface area contributed by atoms with Gasteiger partial charge in [0.2, 0.25) is 10.0 Å². The standard InChI is InChI=1S/C22H24ClFN2O3S/c1-30(28,29)26(19-11-12-21(24)20(23)13-19)15-17-7-9-18(10-8-17)22(27)25-14-16-5-3-2-4-6-16/h5,7-13H,2-4,6,14-15H2,1H3,(H,25,27). The molecule has 0 unspecified atom stereocenters. The van der Waals surface area contributed by atoms with Gasteiger partial charge in [0.1, 0.15) is 5.82 Å². The predicted molar refractivity (Wildman–Crippen MR) is 118 cm³/mol. The van der Waals surface area contributed by atoms with Gasteiger partial charge in [-0.15, -0.1) is 0 Å². The Kier molecular flexibility index (Phi) is 7.15. The minimum Gasteiger partial charge on any atom is -0.348 e. The highest BCUT2D eigenvalue weighted by Crippen LogP contribution is 2.26. The normalized spacial score (nSPS) is 14.2. The minimum absolute atomic E-state index is 0.0373. The molecule has 0 saturated heterocycles. The first-order valence-electron chi connectivity index (χ1n) is 9.72. The molecule has 8 heteroatoms. The monoisotopic (exact) mass is 450 g/mol. The number of nitrogens with zero attached hydrogens (tertiary/aromatic N) is 1. The number of hydrogen-bond acceptors (Lipinski definition) is 3. The second kappa shape index (κ2) is 9.62. The third-order valence-electron chi connectivity index (χ3n) is 4.99. The van der Waals surface area contributed by atoms with Crippen LogP contribution in [0.3, 0.4) is 0 Å². The fourth-order valence-corrected chi connectivity index (χ4v) is 4.38. The number of carbonyl (C=O) groups is 1. The molecule has 0 saturated carbocycles. The molecule has 0 fully saturated rings. The van der Waals surface area contributed by atoms with E-state index in [0.29, 0.717) is 17.7 Å². The van der Waals surface area contributed by atoms with Gasteiger partial charge in [0.25, 0.3) is 5.91 Å². The zero-order chi connectivity index (χ0) is 21.7. The van der Waals surface area contributed by atoms with E-state index < -0.39 is 15.8 Å². The highest BCUT2D eigenvalue weighted by Gasteiger charge is 2.19. The molecule has 1 aliphatic rings. The number of sulfonamides is 1. The van der Waals surface area contributed by atoms with E-state index in [9.17, 15) is 17.6 Å². The van der Waals surface area contributed by atoms with E-state index in [-0.39, 0.29) is 23.2 Å². The maximum Gasteiger partial charge on any atom is 0.251 e. The molecule has 30 heavy (non-hydrogen) atoms. The average Bonchev–Trinajstić information content (AvgIpc) is 2.73. The van der Waals surface area contributed by atoms with Crippen molar-refractivity contribution in [2.45, 2.75) is 32.2 Å². The summed E-state index contributed by atoms with van der Waals surface area (Å²) in [4.78, 5) is 12.4. The number of amides is 1. The topological polar surface area (TPSA) is 66.5 Å². The van der Waals surface area contributed by atoms with Crippen LogP contribution < -0.4 is 9.62 Å². The number of benzene rings is 2. The van der Waals surface area contributed by atoms with Crippen molar-refractivity contribution in [3.63, 3.8) is 0 Å². The molecular formula is C22H24ClFN2O3S. The van der Waals surface area contributed by atoms with Gasteiger partial charge < -0.3 is 5.32 Å². The molecule has 0 heterocycles. The molecule has 0 aromatic heterocycles. The van der Waals surface area contributed by atoms with Gasteiger partial charge in [-0.25, -0.2) is 12.8 Å². The maximum atomic E-state index is 13.4. The Hall–Kier alpha value is -2.38. The van der Waals surface area contributed by atoms with Crippen molar-refractivity contribution >= 4 is 33.2 Å². The van der Waals surface area contributed by atoms with Gasteiger partial charge in [-0.05, 0) is 61.6 Å². The third-order valence-corrected chi connectivity index (χ3v) is 6.43.